The van der Waals surface area contributed by atoms with E-state index in [9.17, 15) is 0 Å². The number of nitrogens with two attached hydrogens (primary N) is 1. The SMILES string of the molecule is CCCOc1cncc(OC2CC(N)C2)n1. The first-order chi connectivity index (χ1) is 7.78. The zero-order valence-corrected chi connectivity index (χ0v) is 9.43. The monoisotopic (exact) mass is 223 g/mol. The summed E-state index contributed by atoms with van der Waals surface area (Å²) in [6.07, 6.45) is 6.11. The van der Waals surface area contributed by atoms with E-state index in [1.807, 2.05) is 6.92 Å². The molecule has 2 rings (SSSR count). The van der Waals surface area contributed by atoms with Gasteiger partial charge in [0, 0.05) is 6.04 Å². The number of ether oxygens (including phenoxy) is 2. The van der Waals surface area contributed by atoms with Crippen LogP contribution in [0.5, 0.6) is 11.8 Å². The van der Waals surface area contributed by atoms with Crippen LogP contribution in [-0.4, -0.2) is 28.7 Å². The second-order valence-corrected chi connectivity index (χ2v) is 4.02. The second-order valence-electron chi connectivity index (χ2n) is 4.02. The van der Waals surface area contributed by atoms with Gasteiger partial charge in [0.05, 0.1) is 19.0 Å². The van der Waals surface area contributed by atoms with Gasteiger partial charge < -0.3 is 15.2 Å². The number of hydrogen-bond donors (Lipinski definition) is 1. The average Bonchev–Trinajstić information content (AvgIpc) is 2.25. The van der Waals surface area contributed by atoms with E-state index in [-0.39, 0.29) is 12.1 Å². The van der Waals surface area contributed by atoms with Crippen LogP contribution in [0.25, 0.3) is 0 Å². The molecule has 0 unspecified atom stereocenters. The van der Waals surface area contributed by atoms with Crippen molar-refractivity contribution in [2.45, 2.75) is 38.3 Å². The molecular formula is C11H17N3O2. The molecule has 0 aliphatic heterocycles. The molecular weight excluding hydrogens is 206 g/mol. The van der Waals surface area contributed by atoms with E-state index in [1.54, 1.807) is 12.4 Å². The largest absolute Gasteiger partial charge is 0.477 e. The predicted octanol–water partition coefficient (Wildman–Crippen LogP) is 1.13. The summed E-state index contributed by atoms with van der Waals surface area (Å²) >= 11 is 0. The van der Waals surface area contributed by atoms with Gasteiger partial charge in [-0.1, -0.05) is 6.92 Å². The molecule has 1 aliphatic rings. The highest BCUT2D eigenvalue weighted by molar-refractivity contribution is 5.13. The summed E-state index contributed by atoms with van der Waals surface area (Å²) < 4.78 is 11.0. The fourth-order valence-corrected chi connectivity index (χ4v) is 1.54. The molecule has 0 bridgehead atoms. The first kappa shape index (κ1) is 11.1. The third-order valence-electron chi connectivity index (χ3n) is 2.46. The van der Waals surface area contributed by atoms with Gasteiger partial charge in [0.1, 0.15) is 6.10 Å². The summed E-state index contributed by atoms with van der Waals surface area (Å²) in [4.78, 5) is 8.23. The van der Waals surface area contributed by atoms with Crippen molar-refractivity contribution in [1.29, 1.82) is 0 Å². The molecule has 1 aromatic heterocycles. The Hall–Kier alpha value is -1.36. The van der Waals surface area contributed by atoms with Crippen LogP contribution < -0.4 is 15.2 Å². The molecule has 1 aromatic rings. The minimum Gasteiger partial charge on any atom is -0.477 e. The lowest BCUT2D eigenvalue weighted by molar-refractivity contribution is 0.0942. The smallest absolute Gasteiger partial charge is 0.235 e. The molecule has 0 amide bonds. The van der Waals surface area contributed by atoms with Crippen molar-refractivity contribution in [2.24, 2.45) is 5.73 Å². The molecule has 16 heavy (non-hydrogen) atoms. The van der Waals surface area contributed by atoms with Crippen LogP contribution in [0.3, 0.4) is 0 Å². The van der Waals surface area contributed by atoms with Crippen molar-refractivity contribution >= 4 is 0 Å². The molecule has 5 heteroatoms. The lowest BCUT2D eigenvalue weighted by Crippen LogP contribution is -2.43. The zero-order chi connectivity index (χ0) is 11.4. The molecule has 0 aromatic carbocycles. The molecule has 1 saturated carbocycles. The van der Waals surface area contributed by atoms with Crippen molar-refractivity contribution in [3.63, 3.8) is 0 Å². The number of hydrogen-bond acceptors (Lipinski definition) is 5. The van der Waals surface area contributed by atoms with E-state index in [4.69, 9.17) is 15.2 Å². The molecule has 0 saturated heterocycles. The van der Waals surface area contributed by atoms with Crippen molar-refractivity contribution < 1.29 is 9.47 Å². The van der Waals surface area contributed by atoms with E-state index in [2.05, 4.69) is 9.97 Å². The minimum atomic E-state index is 0.186. The van der Waals surface area contributed by atoms with Crippen molar-refractivity contribution in [3.8, 4) is 11.8 Å². The fraction of sp³-hybridized carbons (Fsp3) is 0.636. The Morgan fingerprint density at radius 1 is 1.38 bits per heavy atom. The highest BCUT2D eigenvalue weighted by atomic mass is 16.5. The van der Waals surface area contributed by atoms with Gasteiger partial charge in [-0.3, -0.25) is 4.98 Å². The second kappa shape index (κ2) is 5.12. The van der Waals surface area contributed by atoms with Gasteiger partial charge in [-0.25, -0.2) is 0 Å². The van der Waals surface area contributed by atoms with Gasteiger partial charge in [-0.05, 0) is 19.3 Å². The Morgan fingerprint density at radius 2 is 2.12 bits per heavy atom. The highest BCUT2D eigenvalue weighted by Gasteiger charge is 2.28. The summed E-state index contributed by atoms with van der Waals surface area (Å²) in [5.74, 6) is 1.04. The molecule has 1 fully saturated rings. The normalized spacial score (nSPS) is 23.6. The molecule has 1 heterocycles. The summed E-state index contributed by atoms with van der Waals surface area (Å²) in [5.41, 5.74) is 5.68. The van der Waals surface area contributed by atoms with Crippen LogP contribution in [0.4, 0.5) is 0 Å². The molecule has 5 nitrogen and oxygen atoms in total. The maximum absolute atomic E-state index is 5.68. The lowest BCUT2D eigenvalue weighted by Gasteiger charge is -2.31. The van der Waals surface area contributed by atoms with E-state index in [0.29, 0.717) is 18.4 Å². The maximum atomic E-state index is 5.68. The van der Waals surface area contributed by atoms with Gasteiger partial charge in [0.15, 0.2) is 0 Å². The predicted molar refractivity (Wildman–Crippen MR) is 59.4 cm³/mol. The van der Waals surface area contributed by atoms with E-state index < -0.39 is 0 Å². The van der Waals surface area contributed by atoms with Crippen LogP contribution in [-0.2, 0) is 0 Å². The van der Waals surface area contributed by atoms with Gasteiger partial charge in [0.2, 0.25) is 11.8 Å². The van der Waals surface area contributed by atoms with Gasteiger partial charge in [-0.2, -0.15) is 4.98 Å². The van der Waals surface area contributed by atoms with Crippen molar-refractivity contribution in [3.05, 3.63) is 12.4 Å². The first-order valence-corrected chi connectivity index (χ1v) is 5.65. The van der Waals surface area contributed by atoms with E-state index >= 15 is 0 Å². The quantitative estimate of drug-likeness (QED) is 0.810. The van der Waals surface area contributed by atoms with Crippen LogP contribution in [0.2, 0.25) is 0 Å². The summed E-state index contributed by atoms with van der Waals surface area (Å²) in [7, 11) is 0. The van der Waals surface area contributed by atoms with Gasteiger partial charge in [0.25, 0.3) is 0 Å². The minimum absolute atomic E-state index is 0.186. The molecule has 88 valence electrons. The third-order valence-corrected chi connectivity index (χ3v) is 2.46. The lowest BCUT2D eigenvalue weighted by atomic mass is 9.90. The van der Waals surface area contributed by atoms with E-state index in [0.717, 1.165) is 19.3 Å². The van der Waals surface area contributed by atoms with Crippen LogP contribution in [0.15, 0.2) is 12.4 Å². The first-order valence-electron chi connectivity index (χ1n) is 5.65. The average molecular weight is 223 g/mol. The number of rotatable bonds is 5. The summed E-state index contributed by atoms with van der Waals surface area (Å²) in [6.45, 7) is 2.69. The van der Waals surface area contributed by atoms with E-state index in [1.165, 1.54) is 0 Å². The highest BCUT2D eigenvalue weighted by Crippen LogP contribution is 2.23. The third kappa shape index (κ3) is 2.82. The maximum Gasteiger partial charge on any atom is 0.235 e. The Bertz CT molecular complexity index is 340. The molecule has 0 spiro atoms. The van der Waals surface area contributed by atoms with Gasteiger partial charge >= 0.3 is 0 Å². The molecule has 0 radical (unpaired) electrons. The Labute approximate surface area is 95.0 Å². The molecule has 1 aliphatic carbocycles. The number of nitrogens with zero attached hydrogens (tertiary/aromatic N) is 2. The Morgan fingerprint density at radius 3 is 2.81 bits per heavy atom. The fourth-order valence-electron chi connectivity index (χ4n) is 1.54. The summed E-state index contributed by atoms with van der Waals surface area (Å²) in [6, 6.07) is 0.275. The van der Waals surface area contributed by atoms with Crippen LogP contribution in [0, 0.1) is 0 Å². The van der Waals surface area contributed by atoms with Crippen LogP contribution >= 0.6 is 0 Å². The summed E-state index contributed by atoms with van der Waals surface area (Å²) in [5, 5.41) is 0. The molecule has 0 atom stereocenters. The van der Waals surface area contributed by atoms with Gasteiger partial charge in [-0.15, -0.1) is 0 Å². The van der Waals surface area contributed by atoms with Crippen molar-refractivity contribution in [2.75, 3.05) is 6.61 Å². The Kier molecular flexibility index (Phi) is 3.56. The molecule has 2 N–H and O–H groups in total. The topological polar surface area (TPSA) is 70.3 Å². The number of aromatic nitrogens is 2. The van der Waals surface area contributed by atoms with Crippen LogP contribution in [0.1, 0.15) is 26.2 Å². The standard InChI is InChI=1S/C11H17N3O2/c1-2-3-15-10-6-13-7-11(14-10)16-9-4-8(12)5-9/h6-9H,2-5,12H2,1H3. The van der Waals surface area contributed by atoms with Crippen molar-refractivity contribution in [1.82, 2.24) is 9.97 Å². The Balaban J connectivity index is 1.88. The zero-order valence-electron chi connectivity index (χ0n) is 9.43.